The molecule has 0 saturated carbocycles. The number of aryl methyl sites for hydroxylation is 1. The normalized spacial score (nSPS) is 14.6. The van der Waals surface area contributed by atoms with Crippen molar-refractivity contribution in [3.05, 3.63) is 47.7 Å². The largest absolute Gasteiger partial charge is 0.496 e. The van der Waals surface area contributed by atoms with Gasteiger partial charge in [0, 0.05) is 26.2 Å². The first kappa shape index (κ1) is 16.0. The van der Waals surface area contributed by atoms with E-state index in [0.717, 1.165) is 0 Å². The molecule has 0 bridgehead atoms. The van der Waals surface area contributed by atoms with Gasteiger partial charge in [-0.3, -0.25) is 9.59 Å². The number of aromatic nitrogens is 1. The van der Waals surface area contributed by atoms with Gasteiger partial charge in [-0.05, 0) is 19.1 Å². The van der Waals surface area contributed by atoms with E-state index in [4.69, 9.17) is 9.15 Å². The van der Waals surface area contributed by atoms with Crippen molar-refractivity contribution in [2.24, 2.45) is 0 Å². The Hall–Kier alpha value is -2.83. The summed E-state index contributed by atoms with van der Waals surface area (Å²) < 4.78 is 10.3. The Kier molecular flexibility index (Phi) is 4.50. The lowest BCUT2D eigenvalue weighted by atomic mass is 10.1. The minimum atomic E-state index is -0.161. The molecule has 1 saturated heterocycles. The van der Waals surface area contributed by atoms with Gasteiger partial charge in [0.25, 0.3) is 11.8 Å². The van der Waals surface area contributed by atoms with Crippen molar-refractivity contribution >= 4 is 11.8 Å². The van der Waals surface area contributed by atoms with E-state index in [1.165, 1.54) is 6.39 Å². The number of piperazine rings is 1. The van der Waals surface area contributed by atoms with Crippen molar-refractivity contribution in [2.45, 2.75) is 6.92 Å². The number of para-hydroxylation sites is 1. The maximum absolute atomic E-state index is 12.7. The quantitative estimate of drug-likeness (QED) is 0.855. The van der Waals surface area contributed by atoms with Crippen LogP contribution >= 0.6 is 0 Å². The third-order valence-corrected chi connectivity index (χ3v) is 4.14. The molecule has 2 heterocycles. The van der Waals surface area contributed by atoms with Crippen LogP contribution in [0.3, 0.4) is 0 Å². The fraction of sp³-hybridized carbons (Fsp3) is 0.353. The topological polar surface area (TPSA) is 75.9 Å². The number of nitrogens with zero attached hydrogens (tertiary/aromatic N) is 3. The molecule has 1 aliphatic heterocycles. The SMILES string of the molecule is COc1ccccc1C(=O)N1CCN(C(=O)c2ncoc2C)CC1. The number of hydrogen-bond acceptors (Lipinski definition) is 5. The Morgan fingerprint density at radius 3 is 2.29 bits per heavy atom. The standard InChI is InChI=1S/C17H19N3O4/c1-12-15(18-11-24-12)17(22)20-9-7-19(8-10-20)16(21)13-5-3-4-6-14(13)23-2/h3-6,11H,7-10H2,1-2H3. The van der Waals surface area contributed by atoms with Gasteiger partial charge in [0.2, 0.25) is 0 Å². The molecule has 1 fully saturated rings. The van der Waals surface area contributed by atoms with Crippen molar-refractivity contribution in [2.75, 3.05) is 33.3 Å². The molecule has 1 aromatic heterocycles. The number of oxazole rings is 1. The van der Waals surface area contributed by atoms with Crippen LogP contribution in [-0.2, 0) is 0 Å². The van der Waals surface area contributed by atoms with E-state index in [-0.39, 0.29) is 11.8 Å². The van der Waals surface area contributed by atoms with Crippen LogP contribution < -0.4 is 4.74 Å². The van der Waals surface area contributed by atoms with Crippen molar-refractivity contribution in [1.29, 1.82) is 0 Å². The molecule has 7 nitrogen and oxygen atoms in total. The van der Waals surface area contributed by atoms with Gasteiger partial charge in [0.15, 0.2) is 12.1 Å². The number of rotatable bonds is 3. The molecule has 24 heavy (non-hydrogen) atoms. The number of amides is 2. The van der Waals surface area contributed by atoms with Crippen molar-refractivity contribution in [3.63, 3.8) is 0 Å². The number of benzene rings is 1. The van der Waals surface area contributed by atoms with Gasteiger partial charge < -0.3 is 19.0 Å². The van der Waals surface area contributed by atoms with Crippen LogP contribution in [-0.4, -0.2) is 59.9 Å². The fourth-order valence-corrected chi connectivity index (χ4v) is 2.76. The average Bonchev–Trinajstić information content (AvgIpc) is 3.06. The lowest BCUT2D eigenvalue weighted by Crippen LogP contribution is -2.50. The highest BCUT2D eigenvalue weighted by Gasteiger charge is 2.28. The number of methoxy groups -OCH3 is 1. The fourth-order valence-electron chi connectivity index (χ4n) is 2.76. The van der Waals surface area contributed by atoms with E-state index in [1.54, 1.807) is 36.0 Å². The Bertz CT molecular complexity index is 748. The Morgan fingerprint density at radius 2 is 1.71 bits per heavy atom. The number of ether oxygens (including phenoxy) is 1. The highest BCUT2D eigenvalue weighted by molar-refractivity contribution is 5.97. The first-order valence-electron chi connectivity index (χ1n) is 7.73. The molecule has 2 aromatic rings. The minimum Gasteiger partial charge on any atom is -0.496 e. The highest BCUT2D eigenvalue weighted by atomic mass is 16.5. The summed E-state index contributed by atoms with van der Waals surface area (Å²) in [4.78, 5) is 32.4. The molecule has 1 aromatic carbocycles. The van der Waals surface area contributed by atoms with Gasteiger partial charge in [-0.15, -0.1) is 0 Å². The second-order valence-corrected chi connectivity index (χ2v) is 5.54. The monoisotopic (exact) mass is 329 g/mol. The second kappa shape index (κ2) is 6.74. The molecule has 0 unspecified atom stereocenters. The van der Waals surface area contributed by atoms with Gasteiger partial charge in [-0.25, -0.2) is 4.98 Å². The first-order chi connectivity index (χ1) is 11.6. The number of carbonyl (C=O) groups is 2. The minimum absolute atomic E-state index is 0.0860. The van der Waals surface area contributed by atoms with E-state index in [0.29, 0.717) is 48.9 Å². The third-order valence-electron chi connectivity index (χ3n) is 4.14. The predicted molar refractivity (Wildman–Crippen MR) is 86.0 cm³/mol. The zero-order valence-corrected chi connectivity index (χ0v) is 13.7. The number of hydrogen-bond donors (Lipinski definition) is 0. The summed E-state index contributed by atoms with van der Waals surface area (Å²) in [6.07, 6.45) is 1.27. The molecular formula is C17H19N3O4. The lowest BCUT2D eigenvalue weighted by Gasteiger charge is -2.34. The first-order valence-corrected chi connectivity index (χ1v) is 7.73. The van der Waals surface area contributed by atoms with Crippen LogP contribution in [0.4, 0.5) is 0 Å². The Balaban J connectivity index is 1.66. The Labute approximate surface area is 139 Å². The van der Waals surface area contributed by atoms with Gasteiger partial charge >= 0.3 is 0 Å². The second-order valence-electron chi connectivity index (χ2n) is 5.54. The predicted octanol–water partition coefficient (Wildman–Crippen LogP) is 1.59. The van der Waals surface area contributed by atoms with Crippen LogP contribution in [0.1, 0.15) is 26.6 Å². The molecule has 0 aliphatic carbocycles. The third kappa shape index (κ3) is 2.97. The molecule has 2 amide bonds. The van der Waals surface area contributed by atoms with Gasteiger partial charge in [-0.1, -0.05) is 12.1 Å². The van der Waals surface area contributed by atoms with E-state index in [9.17, 15) is 9.59 Å². The van der Waals surface area contributed by atoms with E-state index < -0.39 is 0 Å². The summed E-state index contributed by atoms with van der Waals surface area (Å²) in [6.45, 7) is 3.58. The van der Waals surface area contributed by atoms with Crippen LogP contribution in [0.2, 0.25) is 0 Å². The van der Waals surface area contributed by atoms with Gasteiger partial charge in [-0.2, -0.15) is 0 Å². The summed E-state index contributed by atoms with van der Waals surface area (Å²) in [6, 6.07) is 7.15. The summed E-state index contributed by atoms with van der Waals surface area (Å²) >= 11 is 0. The number of carbonyl (C=O) groups excluding carboxylic acids is 2. The van der Waals surface area contributed by atoms with Crippen LogP contribution in [0, 0.1) is 6.92 Å². The molecule has 0 radical (unpaired) electrons. The van der Waals surface area contributed by atoms with Crippen molar-refractivity contribution in [1.82, 2.24) is 14.8 Å². The molecule has 3 rings (SSSR count). The van der Waals surface area contributed by atoms with Crippen LogP contribution in [0.5, 0.6) is 5.75 Å². The molecule has 1 aliphatic rings. The zero-order chi connectivity index (χ0) is 17.1. The smallest absolute Gasteiger partial charge is 0.276 e. The van der Waals surface area contributed by atoms with Crippen LogP contribution in [0.15, 0.2) is 35.1 Å². The van der Waals surface area contributed by atoms with Gasteiger partial charge in [0.1, 0.15) is 11.5 Å². The maximum Gasteiger partial charge on any atom is 0.276 e. The molecule has 0 N–H and O–H groups in total. The summed E-state index contributed by atoms with van der Waals surface area (Å²) in [5.41, 5.74) is 0.867. The van der Waals surface area contributed by atoms with E-state index >= 15 is 0 Å². The molecular weight excluding hydrogens is 310 g/mol. The van der Waals surface area contributed by atoms with E-state index in [1.807, 2.05) is 12.1 Å². The summed E-state index contributed by atoms with van der Waals surface area (Å²) in [7, 11) is 1.54. The summed E-state index contributed by atoms with van der Waals surface area (Å²) in [5.74, 6) is 0.814. The molecule has 7 heteroatoms. The van der Waals surface area contributed by atoms with Crippen molar-refractivity contribution in [3.8, 4) is 5.75 Å². The Morgan fingerprint density at radius 1 is 1.08 bits per heavy atom. The zero-order valence-electron chi connectivity index (χ0n) is 13.7. The lowest BCUT2D eigenvalue weighted by molar-refractivity contribution is 0.0530. The van der Waals surface area contributed by atoms with E-state index in [2.05, 4.69) is 4.98 Å². The van der Waals surface area contributed by atoms with Crippen molar-refractivity contribution < 1.29 is 18.7 Å². The molecule has 0 spiro atoms. The highest BCUT2D eigenvalue weighted by Crippen LogP contribution is 2.20. The molecule has 126 valence electrons. The van der Waals surface area contributed by atoms with Gasteiger partial charge in [0.05, 0.1) is 12.7 Å². The average molecular weight is 329 g/mol. The van der Waals surface area contributed by atoms with Crippen LogP contribution in [0.25, 0.3) is 0 Å². The maximum atomic E-state index is 12.7. The summed E-state index contributed by atoms with van der Waals surface area (Å²) in [5, 5.41) is 0. The molecule has 0 atom stereocenters.